The molecule has 0 saturated carbocycles. The zero-order valence-electron chi connectivity index (χ0n) is 12.5. The molecule has 0 amide bonds. The molecule has 1 unspecified atom stereocenters. The number of esters is 1. The molecule has 0 bridgehead atoms. The molecule has 4 nitrogen and oxygen atoms in total. The number of hydrogen-bond acceptors (Lipinski definition) is 4. The molecule has 1 atom stereocenters. The van der Waals surface area contributed by atoms with Gasteiger partial charge in [0.1, 0.15) is 23.7 Å². The van der Waals surface area contributed by atoms with Crippen LogP contribution in [0, 0.1) is 5.82 Å². The second-order valence-electron chi connectivity index (χ2n) is 5.11. The van der Waals surface area contributed by atoms with Gasteiger partial charge in [0, 0.05) is 5.56 Å². The first kappa shape index (κ1) is 16.0. The van der Waals surface area contributed by atoms with Crippen LogP contribution in [-0.2, 0) is 21.7 Å². The van der Waals surface area contributed by atoms with Crippen molar-refractivity contribution in [3.05, 3.63) is 65.5 Å². The molecule has 2 rings (SSSR count). The van der Waals surface area contributed by atoms with E-state index in [1.54, 1.807) is 0 Å². The second kappa shape index (κ2) is 6.58. The molecule has 116 valence electrons. The Balaban J connectivity index is 2.30. The van der Waals surface area contributed by atoms with E-state index in [-0.39, 0.29) is 12.2 Å². The molecule has 5 heteroatoms. The van der Waals surface area contributed by atoms with Gasteiger partial charge in [0.25, 0.3) is 0 Å². The first-order valence-electron chi connectivity index (χ1n) is 6.79. The van der Waals surface area contributed by atoms with Gasteiger partial charge in [-0.05, 0) is 30.7 Å². The van der Waals surface area contributed by atoms with Crippen LogP contribution in [0.3, 0.4) is 0 Å². The first-order valence-corrected chi connectivity index (χ1v) is 6.79. The van der Waals surface area contributed by atoms with Crippen molar-refractivity contribution in [2.24, 2.45) is 5.73 Å². The van der Waals surface area contributed by atoms with Crippen LogP contribution in [0.4, 0.5) is 4.39 Å². The number of hydrogen-bond donors (Lipinski definition) is 1. The monoisotopic (exact) mass is 303 g/mol. The Morgan fingerprint density at radius 3 is 2.55 bits per heavy atom. The summed E-state index contributed by atoms with van der Waals surface area (Å²) in [5.41, 5.74) is 5.71. The summed E-state index contributed by atoms with van der Waals surface area (Å²) in [5.74, 6) is -0.814. The Bertz CT molecular complexity index is 656. The zero-order chi connectivity index (χ0) is 16.2. The van der Waals surface area contributed by atoms with Gasteiger partial charge < -0.3 is 15.2 Å². The number of methoxy groups -OCH3 is 1. The molecular weight excluding hydrogens is 285 g/mol. The number of carbonyl (C=O) groups excluding carboxylic acids is 1. The summed E-state index contributed by atoms with van der Waals surface area (Å²) in [6, 6.07) is 13.4. The maximum atomic E-state index is 13.5. The summed E-state index contributed by atoms with van der Waals surface area (Å²) in [6.07, 6.45) is 0. The highest BCUT2D eigenvalue weighted by Gasteiger charge is 2.35. The fraction of sp³-hybridized carbons (Fsp3) is 0.235. The van der Waals surface area contributed by atoms with Crippen LogP contribution < -0.4 is 10.5 Å². The SMILES string of the molecule is COC(=O)C(C)(N)c1cc(F)ccc1OCc1ccccc1. The van der Waals surface area contributed by atoms with Crippen molar-refractivity contribution < 1.29 is 18.7 Å². The lowest BCUT2D eigenvalue weighted by Crippen LogP contribution is -2.43. The van der Waals surface area contributed by atoms with Crippen molar-refractivity contribution in [1.82, 2.24) is 0 Å². The van der Waals surface area contributed by atoms with Gasteiger partial charge in [-0.15, -0.1) is 0 Å². The Kier molecular flexibility index (Phi) is 4.78. The standard InChI is InChI=1S/C17H18FNO3/c1-17(19,16(20)21-2)14-10-13(18)8-9-15(14)22-11-12-6-4-3-5-7-12/h3-10H,11,19H2,1-2H3. The van der Waals surface area contributed by atoms with E-state index < -0.39 is 17.3 Å². The minimum Gasteiger partial charge on any atom is -0.489 e. The third-order valence-corrected chi connectivity index (χ3v) is 3.35. The van der Waals surface area contributed by atoms with Gasteiger partial charge in [-0.25, -0.2) is 9.18 Å². The number of carbonyl (C=O) groups is 1. The highest BCUT2D eigenvalue weighted by Crippen LogP contribution is 2.30. The van der Waals surface area contributed by atoms with Crippen molar-refractivity contribution in [2.75, 3.05) is 7.11 Å². The van der Waals surface area contributed by atoms with Gasteiger partial charge in [-0.3, -0.25) is 0 Å². The Hall–Kier alpha value is -2.40. The summed E-state index contributed by atoms with van der Waals surface area (Å²) < 4.78 is 23.9. The van der Waals surface area contributed by atoms with Crippen molar-refractivity contribution in [1.29, 1.82) is 0 Å². The van der Waals surface area contributed by atoms with Crippen LogP contribution in [0.25, 0.3) is 0 Å². The number of benzene rings is 2. The van der Waals surface area contributed by atoms with E-state index in [0.717, 1.165) is 5.56 Å². The smallest absolute Gasteiger partial charge is 0.330 e. The van der Waals surface area contributed by atoms with Gasteiger partial charge in [0.15, 0.2) is 0 Å². The highest BCUT2D eigenvalue weighted by atomic mass is 19.1. The summed E-state index contributed by atoms with van der Waals surface area (Å²) in [5, 5.41) is 0. The molecular formula is C17H18FNO3. The lowest BCUT2D eigenvalue weighted by Gasteiger charge is -2.24. The molecule has 2 aromatic rings. The van der Waals surface area contributed by atoms with Gasteiger partial charge in [0.05, 0.1) is 7.11 Å². The summed E-state index contributed by atoms with van der Waals surface area (Å²) >= 11 is 0. The van der Waals surface area contributed by atoms with Crippen LogP contribution in [0.2, 0.25) is 0 Å². The topological polar surface area (TPSA) is 61.5 Å². The largest absolute Gasteiger partial charge is 0.489 e. The fourth-order valence-electron chi connectivity index (χ4n) is 2.09. The van der Waals surface area contributed by atoms with Gasteiger partial charge >= 0.3 is 5.97 Å². The van der Waals surface area contributed by atoms with E-state index in [9.17, 15) is 9.18 Å². The fourth-order valence-corrected chi connectivity index (χ4v) is 2.09. The van der Waals surface area contributed by atoms with Crippen LogP contribution >= 0.6 is 0 Å². The van der Waals surface area contributed by atoms with Crippen molar-refractivity contribution in [2.45, 2.75) is 19.1 Å². The molecule has 0 aliphatic carbocycles. The van der Waals surface area contributed by atoms with E-state index in [4.69, 9.17) is 10.5 Å². The number of nitrogens with two attached hydrogens (primary N) is 1. The van der Waals surface area contributed by atoms with Crippen molar-refractivity contribution >= 4 is 5.97 Å². The van der Waals surface area contributed by atoms with Gasteiger partial charge in [-0.1, -0.05) is 30.3 Å². The quantitative estimate of drug-likeness (QED) is 0.863. The van der Waals surface area contributed by atoms with Gasteiger partial charge in [-0.2, -0.15) is 0 Å². The summed E-state index contributed by atoms with van der Waals surface area (Å²) in [7, 11) is 1.23. The zero-order valence-corrected chi connectivity index (χ0v) is 12.5. The molecule has 2 aromatic carbocycles. The Labute approximate surface area is 128 Å². The molecule has 0 saturated heterocycles. The number of ether oxygens (including phenoxy) is 2. The third-order valence-electron chi connectivity index (χ3n) is 3.35. The third kappa shape index (κ3) is 3.43. The average Bonchev–Trinajstić information content (AvgIpc) is 2.53. The van der Waals surface area contributed by atoms with E-state index in [0.29, 0.717) is 5.75 Å². The maximum absolute atomic E-state index is 13.5. The Morgan fingerprint density at radius 2 is 1.91 bits per heavy atom. The molecule has 0 aliphatic rings. The normalized spacial score (nSPS) is 13.3. The van der Waals surface area contributed by atoms with E-state index in [1.807, 2.05) is 30.3 Å². The van der Waals surface area contributed by atoms with Crippen LogP contribution in [0.5, 0.6) is 5.75 Å². The predicted molar refractivity (Wildman–Crippen MR) is 80.7 cm³/mol. The molecule has 0 fully saturated rings. The van der Waals surface area contributed by atoms with E-state index >= 15 is 0 Å². The lowest BCUT2D eigenvalue weighted by atomic mass is 9.92. The highest BCUT2D eigenvalue weighted by molar-refractivity contribution is 5.82. The minimum atomic E-state index is -1.50. The minimum absolute atomic E-state index is 0.246. The molecule has 0 heterocycles. The van der Waals surface area contributed by atoms with Gasteiger partial charge in [0.2, 0.25) is 0 Å². The van der Waals surface area contributed by atoms with Crippen molar-refractivity contribution in [3.8, 4) is 5.75 Å². The molecule has 22 heavy (non-hydrogen) atoms. The Morgan fingerprint density at radius 1 is 1.23 bits per heavy atom. The predicted octanol–water partition coefficient (Wildman–Crippen LogP) is 2.75. The van der Waals surface area contributed by atoms with E-state index in [2.05, 4.69) is 4.74 Å². The molecule has 0 aliphatic heterocycles. The van der Waals surface area contributed by atoms with Crippen LogP contribution in [-0.4, -0.2) is 13.1 Å². The summed E-state index contributed by atoms with van der Waals surface area (Å²) in [6.45, 7) is 1.75. The molecule has 0 radical (unpaired) electrons. The number of halogens is 1. The summed E-state index contributed by atoms with van der Waals surface area (Å²) in [4.78, 5) is 11.8. The molecule has 0 aromatic heterocycles. The maximum Gasteiger partial charge on any atom is 0.330 e. The lowest BCUT2D eigenvalue weighted by molar-refractivity contribution is -0.146. The molecule has 2 N–H and O–H groups in total. The van der Waals surface area contributed by atoms with Crippen LogP contribution in [0.15, 0.2) is 48.5 Å². The van der Waals surface area contributed by atoms with E-state index in [1.165, 1.54) is 32.2 Å². The average molecular weight is 303 g/mol. The number of rotatable bonds is 5. The first-order chi connectivity index (χ1) is 10.4. The van der Waals surface area contributed by atoms with Crippen molar-refractivity contribution in [3.63, 3.8) is 0 Å². The second-order valence-corrected chi connectivity index (χ2v) is 5.11. The molecule has 0 spiro atoms. The van der Waals surface area contributed by atoms with Crippen LogP contribution in [0.1, 0.15) is 18.1 Å².